The van der Waals surface area contributed by atoms with Gasteiger partial charge in [-0.1, -0.05) is 30.3 Å². The minimum Gasteiger partial charge on any atom is -0.457 e. The van der Waals surface area contributed by atoms with E-state index in [1.807, 2.05) is 18.2 Å². The highest BCUT2D eigenvalue weighted by molar-refractivity contribution is 5.43. The first-order valence-electron chi connectivity index (χ1n) is 6.24. The molecule has 2 aromatic rings. The lowest BCUT2D eigenvalue weighted by atomic mass is 10.1. The number of hydrogen-bond donors (Lipinski definition) is 1. The quantitative estimate of drug-likeness (QED) is 0.887. The Morgan fingerprint density at radius 3 is 2.11 bits per heavy atom. The van der Waals surface area contributed by atoms with Gasteiger partial charge in [0.05, 0.1) is 0 Å². The molecule has 2 aromatic carbocycles. The van der Waals surface area contributed by atoms with Crippen LogP contribution < -0.4 is 10.5 Å². The van der Waals surface area contributed by atoms with Gasteiger partial charge >= 0.3 is 0 Å². The monoisotopic (exact) mass is 241 g/mol. The minimum atomic E-state index is 0.678. The van der Waals surface area contributed by atoms with E-state index in [9.17, 15) is 0 Å². The van der Waals surface area contributed by atoms with Crippen molar-refractivity contribution in [2.24, 2.45) is 5.73 Å². The third kappa shape index (κ3) is 2.90. The second kappa shape index (κ2) is 5.69. The van der Waals surface area contributed by atoms with Crippen molar-refractivity contribution in [3.8, 4) is 11.5 Å². The van der Waals surface area contributed by atoms with Gasteiger partial charge in [0.1, 0.15) is 11.5 Å². The Morgan fingerprint density at radius 2 is 1.56 bits per heavy atom. The van der Waals surface area contributed by atoms with E-state index in [0.29, 0.717) is 6.54 Å². The fourth-order valence-corrected chi connectivity index (χ4v) is 1.97. The van der Waals surface area contributed by atoms with Crippen LogP contribution in [0.4, 0.5) is 0 Å². The lowest BCUT2D eigenvalue weighted by Crippen LogP contribution is -2.02. The second-order valence-electron chi connectivity index (χ2n) is 4.51. The molecule has 0 saturated heterocycles. The lowest BCUT2D eigenvalue weighted by molar-refractivity contribution is 0.475. The molecule has 0 unspecified atom stereocenters. The summed E-state index contributed by atoms with van der Waals surface area (Å²) in [4.78, 5) is 0. The number of rotatable bonds is 4. The summed E-state index contributed by atoms with van der Waals surface area (Å²) >= 11 is 0. The van der Waals surface area contributed by atoms with Crippen LogP contribution in [0.2, 0.25) is 0 Å². The molecule has 0 saturated carbocycles. The maximum Gasteiger partial charge on any atom is 0.133 e. The van der Waals surface area contributed by atoms with Crippen molar-refractivity contribution in [2.75, 3.05) is 6.54 Å². The van der Waals surface area contributed by atoms with Gasteiger partial charge in [0.2, 0.25) is 0 Å². The highest BCUT2D eigenvalue weighted by atomic mass is 16.5. The Kier molecular flexibility index (Phi) is 4.00. The average Bonchev–Trinajstić information content (AvgIpc) is 2.36. The fraction of sp³-hybridized carbons (Fsp3) is 0.250. The number of benzene rings is 2. The number of para-hydroxylation sites is 1. The summed E-state index contributed by atoms with van der Waals surface area (Å²) < 4.78 is 5.94. The zero-order chi connectivity index (χ0) is 13.0. The maximum absolute atomic E-state index is 5.94. The van der Waals surface area contributed by atoms with Crippen LogP contribution in [-0.4, -0.2) is 6.54 Å². The first kappa shape index (κ1) is 12.7. The summed E-state index contributed by atoms with van der Waals surface area (Å²) in [7, 11) is 0. The van der Waals surface area contributed by atoms with Crippen molar-refractivity contribution in [1.82, 2.24) is 0 Å². The van der Waals surface area contributed by atoms with E-state index in [0.717, 1.165) is 29.0 Å². The van der Waals surface area contributed by atoms with Crippen molar-refractivity contribution >= 4 is 0 Å². The van der Waals surface area contributed by atoms with Crippen molar-refractivity contribution < 1.29 is 4.74 Å². The molecular formula is C16H19NO. The second-order valence-corrected chi connectivity index (χ2v) is 4.51. The van der Waals surface area contributed by atoms with Gasteiger partial charge < -0.3 is 10.5 Å². The largest absolute Gasteiger partial charge is 0.457 e. The zero-order valence-corrected chi connectivity index (χ0v) is 10.9. The summed E-state index contributed by atoms with van der Waals surface area (Å²) in [6.45, 7) is 4.80. The van der Waals surface area contributed by atoms with E-state index in [1.165, 1.54) is 5.56 Å². The Morgan fingerprint density at radius 1 is 0.944 bits per heavy atom. The van der Waals surface area contributed by atoms with Crippen molar-refractivity contribution in [3.63, 3.8) is 0 Å². The van der Waals surface area contributed by atoms with Gasteiger partial charge in [0.15, 0.2) is 0 Å². The molecule has 0 atom stereocenters. The van der Waals surface area contributed by atoms with Gasteiger partial charge in [-0.2, -0.15) is 0 Å². The molecule has 0 spiro atoms. The van der Waals surface area contributed by atoms with Gasteiger partial charge in [0, 0.05) is 0 Å². The van der Waals surface area contributed by atoms with E-state index < -0.39 is 0 Å². The third-order valence-corrected chi connectivity index (χ3v) is 2.99. The summed E-state index contributed by atoms with van der Waals surface area (Å²) in [6.07, 6.45) is 0.906. The van der Waals surface area contributed by atoms with Crippen molar-refractivity contribution in [1.29, 1.82) is 0 Å². The zero-order valence-electron chi connectivity index (χ0n) is 10.9. The van der Waals surface area contributed by atoms with Crippen LogP contribution in [-0.2, 0) is 6.42 Å². The van der Waals surface area contributed by atoms with Crippen LogP contribution in [0.3, 0.4) is 0 Å². The molecule has 0 aliphatic rings. The molecule has 2 rings (SSSR count). The van der Waals surface area contributed by atoms with E-state index in [4.69, 9.17) is 10.5 Å². The minimum absolute atomic E-state index is 0.678. The Balaban J connectivity index is 2.18. The normalized spacial score (nSPS) is 10.4. The smallest absolute Gasteiger partial charge is 0.133 e. The summed E-state index contributed by atoms with van der Waals surface area (Å²) in [5.41, 5.74) is 9.08. The molecule has 0 fully saturated rings. The van der Waals surface area contributed by atoms with Crippen molar-refractivity contribution in [2.45, 2.75) is 20.3 Å². The maximum atomic E-state index is 5.94. The van der Waals surface area contributed by atoms with Crippen LogP contribution in [0, 0.1) is 13.8 Å². The Hall–Kier alpha value is -1.80. The summed E-state index contributed by atoms with van der Waals surface area (Å²) in [5.74, 6) is 1.82. The van der Waals surface area contributed by atoms with Gasteiger partial charge in [-0.25, -0.2) is 0 Å². The Bertz CT molecular complexity index is 497. The van der Waals surface area contributed by atoms with Crippen LogP contribution in [0.25, 0.3) is 0 Å². The molecule has 0 amide bonds. The first-order chi connectivity index (χ1) is 8.70. The Labute approximate surface area is 108 Å². The van der Waals surface area contributed by atoms with Crippen LogP contribution >= 0.6 is 0 Å². The first-order valence-corrected chi connectivity index (χ1v) is 6.24. The summed E-state index contributed by atoms with van der Waals surface area (Å²) in [6, 6.07) is 14.3. The number of nitrogens with two attached hydrogens (primary N) is 1. The van der Waals surface area contributed by atoms with Crippen LogP contribution in [0.1, 0.15) is 16.7 Å². The molecule has 0 aliphatic carbocycles. The predicted molar refractivity (Wildman–Crippen MR) is 75.2 cm³/mol. The SMILES string of the molecule is Cc1cccc(C)c1Oc1ccc(CCN)cc1. The standard InChI is InChI=1S/C16H19NO/c1-12-4-3-5-13(2)16(12)18-15-8-6-14(7-9-15)10-11-17/h3-9H,10-11,17H2,1-2H3. The molecule has 0 aliphatic heterocycles. The van der Waals surface area contributed by atoms with E-state index in [1.54, 1.807) is 0 Å². The molecule has 18 heavy (non-hydrogen) atoms. The van der Waals surface area contributed by atoms with E-state index in [-0.39, 0.29) is 0 Å². The average molecular weight is 241 g/mol. The molecule has 94 valence electrons. The molecule has 2 N–H and O–H groups in total. The molecule has 0 radical (unpaired) electrons. The highest BCUT2D eigenvalue weighted by Crippen LogP contribution is 2.28. The number of aryl methyl sites for hydroxylation is 2. The molecule has 2 heteroatoms. The van der Waals surface area contributed by atoms with E-state index >= 15 is 0 Å². The van der Waals surface area contributed by atoms with Crippen molar-refractivity contribution in [3.05, 3.63) is 59.2 Å². The van der Waals surface area contributed by atoms with Gasteiger partial charge in [-0.3, -0.25) is 0 Å². The molecule has 0 bridgehead atoms. The summed E-state index contributed by atoms with van der Waals surface area (Å²) in [5, 5.41) is 0. The van der Waals surface area contributed by atoms with Gasteiger partial charge in [-0.15, -0.1) is 0 Å². The topological polar surface area (TPSA) is 35.2 Å². The highest BCUT2D eigenvalue weighted by Gasteiger charge is 2.04. The van der Waals surface area contributed by atoms with Gasteiger partial charge in [0.25, 0.3) is 0 Å². The molecule has 0 heterocycles. The lowest BCUT2D eigenvalue weighted by Gasteiger charge is -2.11. The third-order valence-electron chi connectivity index (χ3n) is 2.99. The number of ether oxygens (including phenoxy) is 1. The number of hydrogen-bond acceptors (Lipinski definition) is 2. The van der Waals surface area contributed by atoms with Crippen LogP contribution in [0.15, 0.2) is 42.5 Å². The molecule has 0 aromatic heterocycles. The molecule has 2 nitrogen and oxygen atoms in total. The molecular weight excluding hydrogens is 222 g/mol. The van der Waals surface area contributed by atoms with Gasteiger partial charge in [-0.05, 0) is 55.6 Å². The predicted octanol–water partition coefficient (Wildman–Crippen LogP) is 3.60. The van der Waals surface area contributed by atoms with E-state index in [2.05, 4.69) is 38.1 Å². The van der Waals surface area contributed by atoms with Crippen LogP contribution in [0.5, 0.6) is 11.5 Å². The fourth-order valence-electron chi connectivity index (χ4n) is 1.97.